The van der Waals surface area contributed by atoms with Crippen LogP contribution in [0.1, 0.15) is 24.4 Å². The Morgan fingerprint density at radius 1 is 1.42 bits per heavy atom. The molecular formula is C12H12F2N2O3. The van der Waals surface area contributed by atoms with Gasteiger partial charge in [-0.3, -0.25) is 19.3 Å². The van der Waals surface area contributed by atoms with Gasteiger partial charge in [0, 0.05) is 17.7 Å². The van der Waals surface area contributed by atoms with Crippen LogP contribution in [-0.4, -0.2) is 17.5 Å². The number of nitro groups is 1. The lowest BCUT2D eigenvalue weighted by atomic mass is 9.90. The van der Waals surface area contributed by atoms with E-state index in [0.29, 0.717) is 12.8 Å². The quantitative estimate of drug-likeness (QED) is 0.676. The molecule has 1 aromatic rings. The molecule has 2 rings (SSSR count). The van der Waals surface area contributed by atoms with E-state index in [9.17, 15) is 23.7 Å². The zero-order valence-electron chi connectivity index (χ0n) is 9.94. The van der Waals surface area contributed by atoms with Crippen molar-refractivity contribution in [2.24, 2.45) is 5.92 Å². The van der Waals surface area contributed by atoms with Gasteiger partial charge in [-0.1, -0.05) is 0 Å². The maximum absolute atomic E-state index is 13.7. The van der Waals surface area contributed by atoms with Gasteiger partial charge in [0.25, 0.3) is 5.69 Å². The Hall–Kier alpha value is -2.05. The number of nitro benzene ring substituents is 1. The van der Waals surface area contributed by atoms with Crippen molar-refractivity contribution >= 4 is 11.6 Å². The second-order valence-electron chi connectivity index (χ2n) is 4.45. The van der Waals surface area contributed by atoms with Crippen molar-refractivity contribution in [3.05, 3.63) is 39.7 Å². The summed E-state index contributed by atoms with van der Waals surface area (Å²) < 4.78 is 26.2. The number of non-ortho nitro benzene ring substituents is 1. The molecule has 1 aliphatic heterocycles. The Labute approximate surface area is 107 Å². The lowest BCUT2D eigenvalue weighted by molar-refractivity contribution is -0.385. The molecular weight excluding hydrogens is 258 g/mol. The van der Waals surface area contributed by atoms with E-state index in [1.165, 1.54) is 0 Å². The molecule has 0 aromatic heterocycles. The topological polar surface area (TPSA) is 72.2 Å². The van der Waals surface area contributed by atoms with E-state index >= 15 is 0 Å². The molecule has 1 fully saturated rings. The smallest absolute Gasteiger partial charge is 0.269 e. The minimum Gasteiger partial charge on any atom is -0.349 e. The minimum absolute atomic E-state index is 0.0693. The van der Waals surface area contributed by atoms with E-state index in [1.807, 2.05) is 0 Å². The van der Waals surface area contributed by atoms with Crippen LogP contribution < -0.4 is 5.32 Å². The van der Waals surface area contributed by atoms with E-state index in [2.05, 4.69) is 5.32 Å². The van der Waals surface area contributed by atoms with Gasteiger partial charge in [-0.25, -0.2) is 4.39 Å². The highest BCUT2D eigenvalue weighted by atomic mass is 19.1. The summed E-state index contributed by atoms with van der Waals surface area (Å²) in [6.45, 7) is -0.754. The summed E-state index contributed by atoms with van der Waals surface area (Å²) in [5.74, 6) is -1.81. The van der Waals surface area contributed by atoms with Gasteiger partial charge in [0.1, 0.15) is 12.5 Å². The molecule has 0 saturated carbocycles. The lowest BCUT2D eigenvalue weighted by Crippen LogP contribution is -2.40. The van der Waals surface area contributed by atoms with E-state index in [1.54, 1.807) is 0 Å². The number of piperidine rings is 1. The Kier molecular flexibility index (Phi) is 3.73. The zero-order valence-corrected chi connectivity index (χ0v) is 9.94. The highest BCUT2D eigenvalue weighted by Crippen LogP contribution is 2.30. The van der Waals surface area contributed by atoms with Crippen LogP contribution in [0.3, 0.4) is 0 Å². The van der Waals surface area contributed by atoms with Crippen molar-refractivity contribution in [3.63, 3.8) is 0 Å². The van der Waals surface area contributed by atoms with Crippen LogP contribution in [0.5, 0.6) is 0 Å². The largest absolute Gasteiger partial charge is 0.349 e. The monoisotopic (exact) mass is 270 g/mol. The van der Waals surface area contributed by atoms with Crippen LogP contribution in [0.25, 0.3) is 0 Å². The fraction of sp³-hybridized carbons (Fsp3) is 0.417. The van der Waals surface area contributed by atoms with Crippen molar-refractivity contribution < 1.29 is 18.5 Å². The third kappa shape index (κ3) is 2.69. The molecule has 102 valence electrons. The van der Waals surface area contributed by atoms with Gasteiger partial charge < -0.3 is 5.32 Å². The molecule has 1 heterocycles. The Morgan fingerprint density at radius 2 is 2.16 bits per heavy atom. The average molecular weight is 270 g/mol. The van der Waals surface area contributed by atoms with Crippen LogP contribution in [-0.2, 0) is 4.79 Å². The number of carbonyl (C=O) groups excluding carboxylic acids is 1. The third-order valence-electron chi connectivity index (χ3n) is 3.24. The first-order chi connectivity index (χ1) is 9.02. The number of halogens is 2. The molecule has 1 amide bonds. The molecule has 0 radical (unpaired) electrons. The van der Waals surface area contributed by atoms with Crippen molar-refractivity contribution in [1.29, 1.82) is 0 Å². The molecule has 2 unspecified atom stereocenters. The predicted molar refractivity (Wildman–Crippen MR) is 62.6 cm³/mol. The molecule has 0 bridgehead atoms. The number of alkyl halides is 1. The lowest BCUT2D eigenvalue weighted by Gasteiger charge is -2.28. The molecule has 2 atom stereocenters. The van der Waals surface area contributed by atoms with Crippen molar-refractivity contribution in [2.75, 3.05) is 6.67 Å². The zero-order chi connectivity index (χ0) is 14.0. The fourth-order valence-electron chi connectivity index (χ4n) is 2.15. The van der Waals surface area contributed by atoms with E-state index in [4.69, 9.17) is 0 Å². The van der Waals surface area contributed by atoms with Crippen LogP contribution in [0, 0.1) is 21.8 Å². The molecule has 5 nitrogen and oxygen atoms in total. The number of amides is 1. The van der Waals surface area contributed by atoms with Gasteiger partial charge in [0.05, 0.1) is 16.9 Å². The summed E-state index contributed by atoms with van der Waals surface area (Å²) >= 11 is 0. The van der Waals surface area contributed by atoms with Gasteiger partial charge in [-0.05, 0) is 18.9 Å². The number of rotatable bonds is 3. The number of hydrogen-bond donors (Lipinski definition) is 1. The molecule has 1 aliphatic rings. The number of carbonyl (C=O) groups is 1. The third-order valence-corrected chi connectivity index (χ3v) is 3.24. The van der Waals surface area contributed by atoms with Crippen LogP contribution in [0.4, 0.5) is 14.5 Å². The molecule has 1 N–H and O–H groups in total. The number of nitrogens with zero attached hydrogens (tertiary/aromatic N) is 1. The van der Waals surface area contributed by atoms with Gasteiger partial charge >= 0.3 is 0 Å². The maximum atomic E-state index is 13.7. The second kappa shape index (κ2) is 5.29. The summed E-state index contributed by atoms with van der Waals surface area (Å²) in [5, 5.41) is 13.2. The van der Waals surface area contributed by atoms with Crippen molar-refractivity contribution in [2.45, 2.75) is 18.9 Å². The normalized spacial score (nSPS) is 22.9. The fourth-order valence-corrected chi connectivity index (χ4v) is 2.15. The Morgan fingerprint density at radius 3 is 2.74 bits per heavy atom. The summed E-state index contributed by atoms with van der Waals surface area (Å²) in [6, 6.07) is 2.53. The predicted octanol–water partition coefficient (Wildman–Crippen LogP) is 2.27. The highest BCUT2D eigenvalue weighted by molar-refractivity contribution is 5.80. The number of hydrogen-bond acceptors (Lipinski definition) is 3. The van der Waals surface area contributed by atoms with Gasteiger partial charge in [0.2, 0.25) is 5.91 Å². The first-order valence-electron chi connectivity index (χ1n) is 5.83. The molecule has 0 aliphatic carbocycles. The van der Waals surface area contributed by atoms with E-state index < -0.39 is 35.3 Å². The standard InChI is InChI=1S/C12H12F2N2O3/c13-6-7-1-4-11(15-12(7)17)9-5-8(16(18)19)2-3-10(9)14/h2-3,5,7,11H,1,4,6H2,(H,15,17). The minimum atomic E-state index is -0.754. The van der Waals surface area contributed by atoms with Crippen LogP contribution >= 0.6 is 0 Å². The van der Waals surface area contributed by atoms with Crippen molar-refractivity contribution in [3.8, 4) is 0 Å². The first kappa shape index (κ1) is 13.4. The number of benzene rings is 1. The number of nitrogens with one attached hydrogen (secondary N) is 1. The molecule has 1 aromatic carbocycles. The van der Waals surface area contributed by atoms with E-state index in [-0.39, 0.29) is 11.3 Å². The Balaban J connectivity index is 2.25. The van der Waals surface area contributed by atoms with Gasteiger partial charge in [0.15, 0.2) is 0 Å². The van der Waals surface area contributed by atoms with Crippen LogP contribution in [0.15, 0.2) is 18.2 Å². The molecule has 1 saturated heterocycles. The SMILES string of the molecule is O=C1NC(c2cc([N+](=O)[O-])ccc2F)CCC1CF. The maximum Gasteiger partial charge on any atom is 0.269 e. The summed E-state index contributed by atoms with van der Waals surface area (Å²) in [6.07, 6.45) is 0.660. The average Bonchev–Trinajstić information content (AvgIpc) is 2.38. The van der Waals surface area contributed by atoms with Crippen molar-refractivity contribution in [1.82, 2.24) is 5.32 Å². The highest BCUT2D eigenvalue weighted by Gasteiger charge is 2.30. The Bertz CT molecular complexity index is 522. The molecule has 0 spiro atoms. The summed E-state index contributed by atoms with van der Waals surface area (Å²) in [7, 11) is 0. The van der Waals surface area contributed by atoms with E-state index in [0.717, 1.165) is 18.2 Å². The summed E-state index contributed by atoms with van der Waals surface area (Å²) in [5.41, 5.74) is -0.168. The van der Waals surface area contributed by atoms with Gasteiger partial charge in [-0.2, -0.15) is 0 Å². The molecule has 7 heteroatoms. The second-order valence-corrected chi connectivity index (χ2v) is 4.45. The van der Waals surface area contributed by atoms with Crippen LogP contribution in [0.2, 0.25) is 0 Å². The summed E-state index contributed by atoms with van der Waals surface area (Å²) in [4.78, 5) is 21.6. The van der Waals surface area contributed by atoms with Gasteiger partial charge in [-0.15, -0.1) is 0 Å². The molecule has 19 heavy (non-hydrogen) atoms. The first-order valence-corrected chi connectivity index (χ1v) is 5.83.